The molecule has 0 radical (unpaired) electrons. The van der Waals surface area contributed by atoms with Gasteiger partial charge in [0.25, 0.3) is 0 Å². The maximum absolute atomic E-state index is 12.9. The smallest absolute Gasteiger partial charge is 0.123 e. The van der Waals surface area contributed by atoms with Crippen molar-refractivity contribution in [1.82, 2.24) is 0 Å². The highest BCUT2D eigenvalue weighted by Gasteiger charge is 2.04. The van der Waals surface area contributed by atoms with Crippen molar-refractivity contribution in [1.29, 1.82) is 0 Å². The van der Waals surface area contributed by atoms with Crippen LogP contribution in [0.5, 0.6) is 0 Å². The minimum absolute atomic E-state index is 0.190. The molecule has 2 heteroatoms. The highest BCUT2D eigenvalue weighted by molar-refractivity contribution is 5.46. The van der Waals surface area contributed by atoms with Crippen LogP contribution in [-0.4, -0.2) is 6.54 Å². The predicted octanol–water partition coefficient (Wildman–Crippen LogP) is 3.85. The molecule has 0 unspecified atom stereocenters. The molecule has 0 aliphatic carbocycles. The molecule has 0 aliphatic rings. The number of nitrogens with zero attached hydrogens (tertiary/aromatic N) is 1. The molecule has 0 amide bonds. The van der Waals surface area contributed by atoms with Gasteiger partial charge in [0.15, 0.2) is 0 Å². The standard InChI is InChI=1S/C15H16FN/c1-2-17(12-13-6-4-3-5-7-13)15-10-8-14(16)9-11-15/h3-11H,2,12H2,1H3. The third kappa shape index (κ3) is 3.06. The molecule has 17 heavy (non-hydrogen) atoms. The van der Waals surface area contributed by atoms with Gasteiger partial charge in [0.2, 0.25) is 0 Å². The van der Waals surface area contributed by atoms with Crippen LogP contribution in [0.2, 0.25) is 0 Å². The molecule has 0 heterocycles. The van der Waals surface area contributed by atoms with Gasteiger partial charge < -0.3 is 4.90 Å². The van der Waals surface area contributed by atoms with Gasteiger partial charge in [0.05, 0.1) is 0 Å². The monoisotopic (exact) mass is 229 g/mol. The normalized spacial score (nSPS) is 10.2. The summed E-state index contributed by atoms with van der Waals surface area (Å²) < 4.78 is 12.9. The molecule has 1 nitrogen and oxygen atoms in total. The van der Waals surface area contributed by atoms with Gasteiger partial charge in [-0.2, -0.15) is 0 Å². The molecule has 0 N–H and O–H groups in total. The number of hydrogen-bond acceptors (Lipinski definition) is 1. The first-order chi connectivity index (χ1) is 8.29. The summed E-state index contributed by atoms with van der Waals surface area (Å²) in [5, 5.41) is 0. The molecule has 2 rings (SSSR count). The van der Waals surface area contributed by atoms with Crippen molar-refractivity contribution in [3.63, 3.8) is 0 Å². The number of halogens is 1. The summed E-state index contributed by atoms with van der Waals surface area (Å²) in [7, 11) is 0. The van der Waals surface area contributed by atoms with E-state index in [0.717, 1.165) is 18.8 Å². The summed E-state index contributed by atoms with van der Waals surface area (Å²) in [4.78, 5) is 2.22. The van der Waals surface area contributed by atoms with E-state index in [1.807, 2.05) is 30.3 Å². The van der Waals surface area contributed by atoms with E-state index in [2.05, 4.69) is 24.0 Å². The van der Waals surface area contributed by atoms with Gasteiger partial charge in [-0.1, -0.05) is 30.3 Å². The van der Waals surface area contributed by atoms with Crippen LogP contribution in [0.4, 0.5) is 10.1 Å². The van der Waals surface area contributed by atoms with Crippen LogP contribution >= 0.6 is 0 Å². The van der Waals surface area contributed by atoms with E-state index in [-0.39, 0.29) is 5.82 Å². The van der Waals surface area contributed by atoms with Crippen LogP contribution in [0, 0.1) is 5.82 Å². The average Bonchev–Trinajstić information content (AvgIpc) is 2.38. The summed E-state index contributed by atoms with van der Waals surface area (Å²) in [6.07, 6.45) is 0. The van der Waals surface area contributed by atoms with Crippen molar-refractivity contribution in [2.24, 2.45) is 0 Å². The van der Waals surface area contributed by atoms with E-state index < -0.39 is 0 Å². The van der Waals surface area contributed by atoms with Crippen molar-refractivity contribution in [2.45, 2.75) is 13.5 Å². The third-order valence-corrected chi connectivity index (χ3v) is 2.79. The average molecular weight is 229 g/mol. The zero-order valence-corrected chi connectivity index (χ0v) is 9.94. The maximum Gasteiger partial charge on any atom is 0.123 e. The van der Waals surface area contributed by atoms with Gasteiger partial charge in [-0.25, -0.2) is 4.39 Å². The van der Waals surface area contributed by atoms with E-state index in [9.17, 15) is 4.39 Å². The second-order valence-electron chi connectivity index (χ2n) is 3.98. The summed E-state index contributed by atoms with van der Waals surface area (Å²) in [6, 6.07) is 16.9. The lowest BCUT2D eigenvalue weighted by Crippen LogP contribution is -2.21. The molecule has 0 aliphatic heterocycles. The van der Waals surface area contributed by atoms with Crippen LogP contribution in [0.25, 0.3) is 0 Å². The maximum atomic E-state index is 12.9. The van der Waals surface area contributed by atoms with Crippen molar-refractivity contribution >= 4 is 5.69 Å². The van der Waals surface area contributed by atoms with E-state index in [1.165, 1.54) is 17.7 Å². The van der Waals surface area contributed by atoms with E-state index in [1.54, 1.807) is 0 Å². The summed E-state index contributed by atoms with van der Waals surface area (Å²) in [5.41, 5.74) is 2.32. The van der Waals surface area contributed by atoms with Gasteiger partial charge in [-0.15, -0.1) is 0 Å². The molecule has 0 saturated heterocycles. The quantitative estimate of drug-likeness (QED) is 0.769. The molecule has 0 bridgehead atoms. The van der Waals surface area contributed by atoms with Gasteiger partial charge >= 0.3 is 0 Å². The fourth-order valence-electron chi connectivity index (χ4n) is 1.84. The van der Waals surface area contributed by atoms with Gasteiger partial charge in [-0.3, -0.25) is 0 Å². The fourth-order valence-corrected chi connectivity index (χ4v) is 1.84. The molecule has 0 spiro atoms. The van der Waals surface area contributed by atoms with Crippen molar-refractivity contribution in [2.75, 3.05) is 11.4 Å². The molecule has 0 aromatic heterocycles. The number of rotatable bonds is 4. The third-order valence-electron chi connectivity index (χ3n) is 2.79. The summed E-state index contributed by atoms with van der Waals surface area (Å²) >= 11 is 0. The Morgan fingerprint density at radius 3 is 2.18 bits per heavy atom. The van der Waals surface area contributed by atoms with Crippen LogP contribution in [0.3, 0.4) is 0 Å². The van der Waals surface area contributed by atoms with E-state index >= 15 is 0 Å². The Morgan fingerprint density at radius 2 is 1.59 bits per heavy atom. The van der Waals surface area contributed by atoms with Gasteiger partial charge in [0, 0.05) is 18.8 Å². The first-order valence-electron chi connectivity index (χ1n) is 5.84. The number of anilines is 1. The zero-order valence-electron chi connectivity index (χ0n) is 9.94. The molecular weight excluding hydrogens is 213 g/mol. The minimum Gasteiger partial charge on any atom is -0.367 e. The Balaban J connectivity index is 2.14. The lowest BCUT2D eigenvalue weighted by atomic mass is 10.2. The molecule has 2 aromatic rings. The second kappa shape index (κ2) is 5.48. The Morgan fingerprint density at radius 1 is 0.941 bits per heavy atom. The Labute approximate surface area is 102 Å². The Kier molecular flexibility index (Phi) is 3.76. The fraction of sp³-hybridized carbons (Fsp3) is 0.200. The van der Waals surface area contributed by atoms with Crippen LogP contribution < -0.4 is 4.90 Å². The van der Waals surface area contributed by atoms with E-state index in [4.69, 9.17) is 0 Å². The SMILES string of the molecule is CCN(Cc1ccccc1)c1ccc(F)cc1. The largest absolute Gasteiger partial charge is 0.367 e. The lowest BCUT2D eigenvalue weighted by molar-refractivity contribution is 0.627. The van der Waals surface area contributed by atoms with Crippen molar-refractivity contribution in [3.8, 4) is 0 Å². The molecule has 88 valence electrons. The summed E-state index contributed by atoms with van der Waals surface area (Å²) in [5.74, 6) is -0.190. The number of benzene rings is 2. The Hall–Kier alpha value is -1.83. The molecule has 0 atom stereocenters. The zero-order chi connectivity index (χ0) is 12.1. The minimum atomic E-state index is -0.190. The predicted molar refractivity (Wildman–Crippen MR) is 69.6 cm³/mol. The second-order valence-corrected chi connectivity index (χ2v) is 3.98. The molecule has 2 aromatic carbocycles. The van der Waals surface area contributed by atoms with Crippen LogP contribution in [0.1, 0.15) is 12.5 Å². The molecular formula is C15H16FN. The molecule has 0 saturated carbocycles. The highest BCUT2D eigenvalue weighted by atomic mass is 19.1. The van der Waals surface area contributed by atoms with Crippen LogP contribution in [0.15, 0.2) is 54.6 Å². The highest BCUT2D eigenvalue weighted by Crippen LogP contribution is 2.17. The summed E-state index contributed by atoms with van der Waals surface area (Å²) in [6.45, 7) is 3.86. The van der Waals surface area contributed by atoms with E-state index in [0.29, 0.717) is 0 Å². The number of hydrogen-bond donors (Lipinski definition) is 0. The van der Waals surface area contributed by atoms with Gasteiger partial charge in [0.1, 0.15) is 5.82 Å². The van der Waals surface area contributed by atoms with Crippen molar-refractivity contribution < 1.29 is 4.39 Å². The lowest BCUT2D eigenvalue weighted by Gasteiger charge is -2.23. The van der Waals surface area contributed by atoms with Crippen molar-refractivity contribution in [3.05, 3.63) is 66.0 Å². The first kappa shape index (κ1) is 11.6. The molecule has 0 fully saturated rings. The first-order valence-corrected chi connectivity index (χ1v) is 5.84. The van der Waals surface area contributed by atoms with Gasteiger partial charge in [-0.05, 0) is 36.8 Å². The Bertz CT molecular complexity index is 450. The van der Waals surface area contributed by atoms with Crippen LogP contribution in [-0.2, 0) is 6.54 Å². The topological polar surface area (TPSA) is 3.24 Å².